The predicted octanol–water partition coefficient (Wildman–Crippen LogP) is 3.40. The molecule has 2 aromatic rings. The maximum absolute atomic E-state index is 5.87. The molecule has 0 atom stereocenters. The number of hydrogen-bond acceptors (Lipinski definition) is 7. The monoisotopic (exact) mass is 376 g/mol. The van der Waals surface area contributed by atoms with E-state index in [1.165, 1.54) is 0 Å². The van der Waals surface area contributed by atoms with Crippen molar-refractivity contribution in [1.29, 1.82) is 0 Å². The van der Waals surface area contributed by atoms with Crippen molar-refractivity contribution < 1.29 is 33.2 Å². The van der Waals surface area contributed by atoms with Crippen LogP contribution in [0.5, 0.6) is 28.7 Å². The van der Waals surface area contributed by atoms with Gasteiger partial charge in [0, 0.05) is 18.2 Å². The van der Waals surface area contributed by atoms with Gasteiger partial charge in [-0.25, -0.2) is 0 Å². The van der Waals surface area contributed by atoms with Gasteiger partial charge >= 0.3 is 0 Å². The lowest BCUT2D eigenvalue weighted by Crippen LogP contribution is -2.04. The molecule has 1 aliphatic heterocycles. The van der Waals surface area contributed by atoms with Crippen molar-refractivity contribution in [2.75, 3.05) is 42.3 Å². The van der Waals surface area contributed by atoms with Crippen molar-refractivity contribution in [2.24, 2.45) is 0 Å². The zero-order chi connectivity index (χ0) is 19.4. The van der Waals surface area contributed by atoms with Crippen molar-refractivity contribution >= 4 is 0 Å². The molecule has 7 heteroatoms. The molecule has 3 rings (SSSR count). The van der Waals surface area contributed by atoms with Crippen LogP contribution < -0.4 is 23.7 Å². The molecule has 1 heterocycles. The largest absolute Gasteiger partial charge is 0.493 e. The van der Waals surface area contributed by atoms with Crippen LogP contribution in [0.1, 0.15) is 11.1 Å². The summed E-state index contributed by atoms with van der Waals surface area (Å²) in [5, 5.41) is 0. The Morgan fingerprint density at radius 1 is 0.741 bits per heavy atom. The topological polar surface area (TPSA) is 64.6 Å². The Labute approximate surface area is 158 Å². The summed E-state index contributed by atoms with van der Waals surface area (Å²) in [6, 6.07) is 5.69. The summed E-state index contributed by atoms with van der Waals surface area (Å²) < 4.78 is 39.1. The quantitative estimate of drug-likeness (QED) is 0.686. The van der Waals surface area contributed by atoms with Crippen molar-refractivity contribution in [2.45, 2.75) is 13.2 Å². The van der Waals surface area contributed by atoms with E-state index in [-0.39, 0.29) is 6.79 Å². The highest BCUT2D eigenvalue weighted by Crippen LogP contribution is 2.53. The van der Waals surface area contributed by atoms with Gasteiger partial charge in [-0.2, -0.15) is 0 Å². The van der Waals surface area contributed by atoms with E-state index < -0.39 is 0 Å². The second-order valence-corrected chi connectivity index (χ2v) is 5.85. The van der Waals surface area contributed by atoms with Gasteiger partial charge in [0.1, 0.15) is 0 Å². The molecule has 0 bridgehead atoms. The molecule has 1 aliphatic rings. The molecule has 0 radical (unpaired) electrons. The van der Waals surface area contributed by atoms with E-state index in [0.29, 0.717) is 42.0 Å². The lowest BCUT2D eigenvalue weighted by Gasteiger charge is -2.21. The van der Waals surface area contributed by atoms with E-state index in [1.807, 2.05) is 18.2 Å². The number of hydrogen-bond donors (Lipinski definition) is 0. The SMILES string of the molecule is COCOc1ccc2c(c1OC)-c1c(cc(OC)c(OC)c1OC)COC2. The van der Waals surface area contributed by atoms with Crippen LogP contribution in [0.25, 0.3) is 11.1 Å². The molecule has 0 unspecified atom stereocenters. The Kier molecular flexibility index (Phi) is 5.93. The average Bonchev–Trinajstić information content (AvgIpc) is 2.89. The predicted molar refractivity (Wildman–Crippen MR) is 99.1 cm³/mol. The van der Waals surface area contributed by atoms with E-state index in [9.17, 15) is 0 Å². The van der Waals surface area contributed by atoms with Crippen LogP contribution in [0, 0.1) is 0 Å². The summed E-state index contributed by atoms with van der Waals surface area (Å²) >= 11 is 0. The summed E-state index contributed by atoms with van der Waals surface area (Å²) in [7, 11) is 7.94. The fourth-order valence-electron chi connectivity index (χ4n) is 3.30. The lowest BCUT2D eigenvalue weighted by molar-refractivity contribution is 0.0491. The molecule has 0 fully saturated rings. The van der Waals surface area contributed by atoms with Crippen LogP contribution in [0.3, 0.4) is 0 Å². The number of fused-ring (bicyclic) bond motifs is 3. The normalized spacial score (nSPS) is 12.5. The maximum atomic E-state index is 5.87. The molecule has 146 valence electrons. The van der Waals surface area contributed by atoms with Crippen LogP contribution in [0.4, 0.5) is 0 Å². The molecule has 0 saturated heterocycles. The summed E-state index contributed by atoms with van der Waals surface area (Å²) in [4.78, 5) is 0. The van der Waals surface area contributed by atoms with Gasteiger partial charge in [-0.1, -0.05) is 6.07 Å². The highest BCUT2D eigenvalue weighted by atomic mass is 16.7. The van der Waals surface area contributed by atoms with Crippen molar-refractivity contribution in [3.63, 3.8) is 0 Å². The third-order valence-corrected chi connectivity index (χ3v) is 4.42. The summed E-state index contributed by atoms with van der Waals surface area (Å²) in [6.45, 7) is 0.943. The van der Waals surface area contributed by atoms with Crippen molar-refractivity contribution in [1.82, 2.24) is 0 Å². The first-order chi connectivity index (χ1) is 13.2. The zero-order valence-electron chi connectivity index (χ0n) is 16.2. The Morgan fingerprint density at radius 2 is 1.41 bits per heavy atom. The lowest BCUT2D eigenvalue weighted by atomic mass is 9.93. The van der Waals surface area contributed by atoms with Gasteiger partial charge in [-0.3, -0.25) is 0 Å². The first kappa shape index (κ1) is 19.1. The molecule has 7 nitrogen and oxygen atoms in total. The van der Waals surface area contributed by atoms with E-state index in [2.05, 4.69) is 0 Å². The summed E-state index contributed by atoms with van der Waals surface area (Å²) in [5.41, 5.74) is 3.55. The van der Waals surface area contributed by atoms with Gasteiger partial charge in [0.2, 0.25) is 5.75 Å². The summed E-state index contributed by atoms with van der Waals surface area (Å²) in [6.07, 6.45) is 0. The number of rotatable bonds is 7. The fraction of sp³-hybridized carbons (Fsp3) is 0.400. The first-order valence-electron chi connectivity index (χ1n) is 8.41. The molecule has 0 aliphatic carbocycles. The molecule has 0 saturated carbocycles. The smallest absolute Gasteiger partial charge is 0.203 e. The third-order valence-electron chi connectivity index (χ3n) is 4.42. The van der Waals surface area contributed by atoms with Gasteiger partial charge in [0.05, 0.1) is 41.7 Å². The molecule has 0 N–H and O–H groups in total. The van der Waals surface area contributed by atoms with Crippen LogP contribution in [-0.4, -0.2) is 42.3 Å². The third kappa shape index (κ3) is 3.36. The first-order valence-corrected chi connectivity index (χ1v) is 8.41. The zero-order valence-corrected chi connectivity index (χ0v) is 16.2. The molecular weight excluding hydrogens is 352 g/mol. The number of ether oxygens (including phenoxy) is 7. The van der Waals surface area contributed by atoms with Gasteiger partial charge in [-0.05, 0) is 23.3 Å². The van der Waals surface area contributed by atoms with Crippen LogP contribution >= 0.6 is 0 Å². The molecular formula is C20H24O7. The van der Waals surface area contributed by atoms with Gasteiger partial charge in [0.25, 0.3) is 0 Å². The second kappa shape index (κ2) is 8.37. The maximum Gasteiger partial charge on any atom is 0.203 e. The van der Waals surface area contributed by atoms with Gasteiger partial charge in [-0.15, -0.1) is 0 Å². The Morgan fingerprint density at radius 3 is 2.04 bits per heavy atom. The van der Waals surface area contributed by atoms with E-state index in [4.69, 9.17) is 33.2 Å². The molecule has 2 aromatic carbocycles. The Bertz CT molecular complexity index is 817. The minimum absolute atomic E-state index is 0.113. The standard InChI is InChI=1S/C20H24O7/c1-21-11-27-14-7-6-12-9-26-10-13-8-15(22-2)19(24-4)20(25-5)17(13)16(12)18(14)23-3/h6-8H,9-11H2,1-5H3. The number of methoxy groups -OCH3 is 5. The second-order valence-electron chi connectivity index (χ2n) is 5.85. The van der Waals surface area contributed by atoms with Crippen LogP contribution in [0.15, 0.2) is 18.2 Å². The average molecular weight is 376 g/mol. The Hall–Kier alpha value is -2.64. The minimum Gasteiger partial charge on any atom is -0.493 e. The molecule has 0 spiro atoms. The van der Waals surface area contributed by atoms with Gasteiger partial charge < -0.3 is 33.2 Å². The van der Waals surface area contributed by atoms with Crippen molar-refractivity contribution in [3.05, 3.63) is 29.3 Å². The van der Waals surface area contributed by atoms with Crippen LogP contribution in [0.2, 0.25) is 0 Å². The highest BCUT2D eigenvalue weighted by molar-refractivity contribution is 5.87. The van der Waals surface area contributed by atoms with Gasteiger partial charge in [0.15, 0.2) is 29.8 Å². The van der Waals surface area contributed by atoms with Crippen LogP contribution in [-0.2, 0) is 22.7 Å². The van der Waals surface area contributed by atoms with E-state index in [0.717, 1.165) is 22.3 Å². The molecule has 0 amide bonds. The highest BCUT2D eigenvalue weighted by Gasteiger charge is 2.29. The molecule has 27 heavy (non-hydrogen) atoms. The minimum atomic E-state index is 0.113. The molecule has 0 aromatic heterocycles. The van der Waals surface area contributed by atoms with E-state index >= 15 is 0 Å². The number of benzene rings is 2. The summed E-state index contributed by atoms with van der Waals surface area (Å²) in [5.74, 6) is 2.80. The van der Waals surface area contributed by atoms with Crippen molar-refractivity contribution in [3.8, 4) is 39.9 Å². The van der Waals surface area contributed by atoms with E-state index in [1.54, 1.807) is 35.5 Å². The Balaban J connectivity index is 2.34. The fourth-order valence-corrected chi connectivity index (χ4v) is 3.30.